The van der Waals surface area contributed by atoms with Gasteiger partial charge >= 0.3 is 21.0 Å². The summed E-state index contributed by atoms with van der Waals surface area (Å²) in [6.07, 6.45) is 0. The van der Waals surface area contributed by atoms with Crippen molar-refractivity contribution in [2.24, 2.45) is 0 Å². The Bertz CT molecular complexity index is 102. The third-order valence-electron chi connectivity index (χ3n) is 0. The molecule has 0 aliphatic rings. The van der Waals surface area contributed by atoms with Crippen molar-refractivity contribution >= 4 is 10.4 Å². The summed E-state index contributed by atoms with van der Waals surface area (Å²) in [6.45, 7) is 0. The average Bonchev–Trinajstić information content (AvgIpc) is 1.36. The van der Waals surface area contributed by atoms with Gasteiger partial charge in [-0.15, -0.1) is 0 Å². The normalized spacial score (nSPS) is 8.00. The second kappa shape index (κ2) is 7.21. The van der Waals surface area contributed by atoms with E-state index in [0.29, 0.717) is 0 Å². The number of hydrogen-bond acceptors (Lipinski definition) is 5. The minimum absolute atomic E-state index is 0. The van der Waals surface area contributed by atoms with E-state index >= 15 is 0 Å². The van der Waals surface area contributed by atoms with Crippen LogP contribution in [0.3, 0.4) is 0 Å². The molecule has 8 heavy (non-hydrogen) atoms. The minimum atomic E-state index is -5.17. The van der Waals surface area contributed by atoms with Crippen LogP contribution in [-0.4, -0.2) is 23.0 Å². The van der Waals surface area contributed by atoms with Crippen LogP contribution in [0.1, 0.15) is 0 Å². The Morgan fingerprint density at radius 2 is 1.12 bits per heavy atom. The van der Waals surface area contributed by atoms with Crippen molar-refractivity contribution in [1.29, 1.82) is 0 Å². The van der Waals surface area contributed by atoms with E-state index in [2.05, 4.69) is 0 Å². The molecule has 0 saturated heterocycles. The van der Waals surface area contributed by atoms with Gasteiger partial charge in [0.2, 0.25) is 0 Å². The molecule has 0 radical (unpaired) electrons. The number of hydrogen-bond donors (Lipinski definition) is 0. The van der Waals surface area contributed by atoms with E-state index in [1.165, 1.54) is 0 Å². The van der Waals surface area contributed by atoms with Crippen LogP contribution in [0, 0.1) is 0 Å². The molecule has 8 heteroatoms. The molecule has 0 amide bonds. The Balaban J connectivity index is -0.0000000750. The van der Waals surface area contributed by atoms with Gasteiger partial charge in [-0.1, -0.05) is 0 Å². The van der Waals surface area contributed by atoms with Gasteiger partial charge in [0, 0.05) is 10.4 Å². The van der Waals surface area contributed by atoms with Crippen LogP contribution in [0.5, 0.6) is 0 Å². The summed E-state index contributed by atoms with van der Waals surface area (Å²) >= 11 is 1.06. The fourth-order valence-electron chi connectivity index (χ4n) is 0. The maximum atomic E-state index is 8.52. The molecule has 0 rings (SSSR count). The summed E-state index contributed by atoms with van der Waals surface area (Å²) in [5.74, 6) is 0. The molecule has 0 aromatic rings. The van der Waals surface area contributed by atoms with Gasteiger partial charge < -0.3 is 14.6 Å². The predicted octanol–water partition coefficient (Wildman–Crippen LogP) is -2.28. The van der Waals surface area contributed by atoms with Gasteiger partial charge in [0.05, 0.1) is 0 Å². The Hall–Kier alpha value is 0.214. The summed E-state index contributed by atoms with van der Waals surface area (Å²) in [4.78, 5) is 0. The molecule has 0 spiro atoms. The first-order chi connectivity index (χ1) is 3.00. The number of rotatable bonds is 0. The van der Waals surface area contributed by atoms with Crippen molar-refractivity contribution in [1.82, 2.24) is 0 Å². The average molecular weight is 181 g/mol. The first-order valence-electron chi connectivity index (χ1n) is 0.849. The van der Waals surface area contributed by atoms with Crippen LogP contribution in [0.15, 0.2) is 0 Å². The van der Waals surface area contributed by atoms with Crippen molar-refractivity contribution in [2.45, 2.75) is 0 Å². The Morgan fingerprint density at radius 3 is 1.12 bits per heavy atom. The van der Waals surface area contributed by atoms with Gasteiger partial charge in [0.25, 0.3) is 0 Å². The molecule has 0 unspecified atom stereocenters. The Kier molecular flexibility index (Phi) is 14.2. The van der Waals surface area contributed by atoms with Gasteiger partial charge in [-0.25, -0.2) is 0 Å². The molecular formula is H2O6SV. The van der Waals surface area contributed by atoms with Crippen molar-refractivity contribution in [3.8, 4) is 0 Å². The quantitative estimate of drug-likeness (QED) is 0.307. The Labute approximate surface area is 55.0 Å². The van der Waals surface area contributed by atoms with Gasteiger partial charge in [-0.3, -0.25) is 8.42 Å². The summed E-state index contributed by atoms with van der Waals surface area (Å²) < 4.78 is 42.3. The summed E-state index contributed by atoms with van der Waals surface area (Å²) in [6, 6.07) is 0. The third-order valence-corrected chi connectivity index (χ3v) is 0. The molecule has 0 aliphatic heterocycles. The van der Waals surface area contributed by atoms with Gasteiger partial charge in [0.1, 0.15) is 0 Å². The van der Waals surface area contributed by atoms with E-state index in [0.717, 1.165) is 17.4 Å². The van der Waals surface area contributed by atoms with E-state index in [1.54, 1.807) is 0 Å². The van der Waals surface area contributed by atoms with Crippen LogP contribution in [-0.2, 0) is 31.4 Å². The molecule has 6 nitrogen and oxygen atoms in total. The van der Waals surface area contributed by atoms with Crippen LogP contribution in [0.2, 0.25) is 0 Å². The first-order valence-corrected chi connectivity index (χ1v) is 2.75. The van der Waals surface area contributed by atoms with Crippen molar-refractivity contribution < 1.29 is 44.0 Å². The monoisotopic (exact) mass is 181 g/mol. The molecular weight excluding hydrogens is 179 g/mol. The molecule has 0 bridgehead atoms. The molecule has 0 atom stereocenters. The summed E-state index contributed by atoms with van der Waals surface area (Å²) in [5, 5.41) is 0. The molecule has 2 N–H and O–H groups in total. The van der Waals surface area contributed by atoms with Crippen LogP contribution in [0.25, 0.3) is 0 Å². The molecule has 0 aliphatic carbocycles. The first kappa shape index (κ1) is 15.7. The predicted molar refractivity (Wildman–Crippen MR) is 14.8 cm³/mol. The second-order valence-corrected chi connectivity index (χ2v) is 1.22. The zero-order valence-electron chi connectivity index (χ0n) is 3.40. The van der Waals surface area contributed by atoms with Crippen molar-refractivity contribution in [3.63, 3.8) is 0 Å². The molecule has 0 fully saturated rings. The molecule has 0 heterocycles. The van der Waals surface area contributed by atoms with E-state index in [9.17, 15) is 0 Å². The molecule has 0 aromatic heterocycles. The third kappa shape index (κ3) is 3680. The van der Waals surface area contributed by atoms with Crippen LogP contribution < -0.4 is 0 Å². The van der Waals surface area contributed by atoms with E-state index in [-0.39, 0.29) is 5.48 Å². The topological polar surface area (TPSA) is 129 Å². The SMILES string of the molecule is O.O=S(=O)([O-])[O-].[O]=[V+2]. The molecule has 0 saturated carbocycles. The Morgan fingerprint density at radius 1 is 1.12 bits per heavy atom. The fourth-order valence-corrected chi connectivity index (χ4v) is 0. The maximum absolute atomic E-state index is 8.52. The van der Waals surface area contributed by atoms with Crippen LogP contribution in [0.4, 0.5) is 0 Å². The van der Waals surface area contributed by atoms with Gasteiger partial charge in [-0.2, -0.15) is 0 Å². The zero-order chi connectivity index (χ0) is 6.50. The second-order valence-electron chi connectivity index (χ2n) is 0.408. The standard InChI is InChI=1S/H2O4S.H2O.O.V/c1-5(2,3)4;;;/h(H2,1,2,3,4);1H2;;/q;;;+2/p-2. The van der Waals surface area contributed by atoms with E-state index < -0.39 is 10.4 Å². The van der Waals surface area contributed by atoms with Crippen molar-refractivity contribution in [3.05, 3.63) is 0 Å². The van der Waals surface area contributed by atoms with E-state index in [1.807, 2.05) is 0 Å². The summed E-state index contributed by atoms with van der Waals surface area (Å²) in [7, 11) is -5.17. The molecule has 0 aromatic carbocycles. The molecule has 49 valence electrons. The van der Waals surface area contributed by atoms with Crippen molar-refractivity contribution in [2.75, 3.05) is 0 Å². The van der Waals surface area contributed by atoms with Crippen LogP contribution >= 0.6 is 0 Å². The fraction of sp³-hybridized carbons (Fsp3) is 0. The van der Waals surface area contributed by atoms with E-state index in [4.69, 9.17) is 21.2 Å². The van der Waals surface area contributed by atoms with Gasteiger partial charge in [0.15, 0.2) is 0 Å². The van der Waals surface area contributed by atoms with Gasteiger partial charge in [-0.05, 0) is 0 Å². The zero-order valence-corrected chi connectivity index (χ0v) is 5.61. The summed E-state index contributed by atoms with van der Waals surface area (Å²) in [5.41, 5.74) is 0.